The van der Waals surface area contributed by atoms with Crippen LogP contribution in [0, 0.1) is 0 Å². The molecule has 0 aromatic carbocycles. The molecule has 1 unspecified atom stereocenters. The second kappa shape index (κ2) is 18.3. The van der Waals surface area contributed by atoms with E-state index >= 15 is 0 Å². The zero-order valence-corrected chi connectivity index (χ0v) is 28.0. The van der Waals surface area contributed by atoms with Crippen LogP contribution in [0.3, 0.4) is 0 Å². The fraction of sp³-hybridized carbons (Fsp3) is 1.00. The predicted molar refractivity (Wildman–Crippen MR) is 158 cm³/mol. The average Bonchev–Trinajstić information content (AvgIpc) is 3.10. The van der Waals surface area contributed by atoms with Gasteiger partial charge in [0.05, 0.1) is 44.7 Å². The van der Waals surface area contributed by atoms with Gasteiger partial charge in [-0.2, -0.15) is 0 Å². The van der Waals surface area contributed by atoms with E-state index in [1.807, 2.05) is 0 Å². The van der Waals surface area contributed by atoms with Crippen LogP contribution in [0.25, 0.3) is 0 Å². The molecular formula is C26H49N2O22P. The van der Waals surface area contributed by atoms with Crippen molar-refractivity contribution in [3.05, 3.63) is 0 Å². The van der Waals surface area contributed by atoms with E-state index in [9.17, 15) is 65.6 Å². The van der Waals surface area contributed by atoms with Crippen LogP contribution >= 0.6 is 7.82 Å². The summed E-state index contributed by atoms with van der Waals surface area (Å²) in [6, 6.07) is -1.19. The van der Waals surface area contributed by atoms with E-state index in [0.717, 1.165) is 0 Å². The number of rotatable bonds is 14. The summed E-state index contributed by atoms with van der Waals surface area (Å²) < 4.78 is 59.4. The van der Waals surface area contributed by atoms with Crippen LogP contribution in [0.2, 0.25) is 0 Å². The summed E-state index contributed by atoms with van der Waals surface area (Å²) in [5.74, 6) is 0. The Kier molecular flexibility index (Phi) is 15.4. The van der Waals surface area contributed by atoms with Gasteiger partial charge in [0.25, 0.3) is 0 Å². The highest BCUT2D eigenvalue weighted by molar-refractivity contribution is 7.47. The van der Waals surface area contributed by atoms with Crippen molar-refractivity contribution in [1.29, 1.82) is 0 Å². The highest BCUT2D eigenvalue weighted by atomic mass is 31.2. The van der Waals surface area contributed by atoms with Crippen LogP contribution in [0.5, 0.6) is 0 Å². The van der Waals surface area contributed by atoms with Crippen LogP contribution in [0.4, 0.5) is 0 Å². The van der Waals surface area contributed by atoms with Gasteiger partial charge in [0, 0.05) is 6.54 Å². The van der Waals surface area contributed by atoms with Gasteiger partial charge < -0.3 is 106 Å². The monoisotopic (exact) mass is 772 g/mol. The zero-order chi connectivity index (χ0) is 37.9. The predicted octanol–water partition coefficient (Wildman–Crippen LogP) is -8.65. The molecule has 4 saturated heterocycles. The van der Waals surface area contributed by atoms with Crippen LogP contribution in [0.1, 0.15) is 6.92 Å². The molecule has 24 nitrogen and oxygen atoms in total. The molecule has 0 amide bonds. The molecule has 21 atom stereocenters. The largest absolute Gasteiger partial charge is 0.472 e. The molecule has 0 saturated carbocycles. The first-order valence-corrected chi connectivity index (χ1v) is 17.4. The molecule has 16 N–H and O–H groups in total. The topological polar surface area (TPSA) is 395 Å². The first kappa shape index (κ1) is 43.0. The summed E-state index contributed by atoms with van der Waals surface area (Å²) in [4.78, 5) is 9.72. The maximum absolute atomic E-state index is 12.0. The standard InChI is InChI=1S/C26H49N2O22P/c1-7-12(30)11(28)15(33)25(45-7)49-21-8(4-29)47-24(19(37)17(21)35)42-5-9-13(31)16(34)18(36)26(48-9)50-22-14(32)10(46-23(39)20(22)38)6-44-51(40,41)43-3-2-27/h7-26,29-39H,2-6,27-28H2,1H3,(H,40,41)/t7-,8-,9-,10-,11+,12+,13-,14+,15-,16+,17-,18-,19-,20-,21+,22+,23+,24+,25-,26+/m1/s1. The molecule has 0 bridgehead atoms. The minimum atomic E-state index is -4.67. The van der Waals surface area contributed by atoms with Crippen molar-refractivity contribution in [1.82, 2.24) is 0 Å². The zero-order valence-electron chi connectivity index (χ0n) is 27.1. The highest BCUT2D eigenvalue weighted by Crippen LogP contribution is 2.43. The lowest BCUT2D eigenvalue weighted by atomic mass is 9.96. The summed E-state index contributed by atoms with van der Waals surface area (Å²) in [5, 5.41) is 115. The third-order valence-electron chi connectivity index (χ3n) is 8.83. The number of phosphoric acid groups is 1. The van der Waals surface area contributed by atoms with Gasteiger partial charge in [-0.15, -0.1) is 0 Å². The van der Waals surface area contributed by atoms with Gasteiger partial charge in [0.15, 0.2) is 25.2 Å². The first-order valence-electron chi connectivity index (χ1n) is 16.0. The van der Waals surface area contributed by atoms with Crippen molar-refractivity contribution >= 4 is 7.82 Å². The number of aliphatic hydroxyl groups excluding tert-OH is 11. The van der Waals surface area contributed by atoms with Gasteiger partial charge in [0.1, 0.15) is 79.4 Å². The Balaban J connectivity index is 1.38. The Morgan fingerprint density at radius 1 is 0.627 bits per heavy atom. The van der Waals surface area contributed by atoms with Crippen LogP contribution in [-0.4, -0.2) is 217 Å². The number of ether oxygens (including phenoxy) is 7. The van der Waals surface area contributed by atoms with Crippen molar-refractivity contribution in [3.8, 4) is 0 Å². The van der Waals surface area contributed by atoms with Gasteiger partial charge in [-0.25, -0.2) is 4.57 Å². The maximum Gasteiger partial charge on any atom is 0.472 e. The maximum atomic E-state index is 12.0. The van der Waals surface area contributed by atoms with E-state index in [1.54, 1.807) is 0 Å². The van der Waals surface area contributed by atoms with E-state index < -0.39 is 150 Å². The Morgan fingerprint density at radius 3 is 1.86 bits per heavy atom. The number of hydrogen-bond acceptors (Lipinski definition) is 23. The molecule has 25 heteroatoms. The lowest BCUT2D eigenvalue weighted by molar-refractivity contribution is -0.368. The van der Waals surface area contributed by atoms with Gasteiger partial charge in [-0.3, -0.25) is 9.05 Å². The quantitative estimate of drug-likeness (QED) is 0.0729. The Bertz CT molecular complexity index is 1130. The number of aliphatic hydroxyl groups is 11. The Hall–Kier alpha value is -0.690. The Labute approximate surface area is 290 Å². The third kappa shape index (κ3) is 9.95. The van der Waals surface area contributed by atoms with E-state index in [-0.39, 0.29) is 13.2 Å². The summed E-state index contributed by atoms with van der Waals surface area (Å²) >= 11 is 0. The SMILES string of the molecule is C[C@H]1O[C@H](O[C@@H]2[C@H](O)[C@@H](O)[C@@H](OC[C@H]3O[C@@H](O[C@@H]4[C@@H](O)[C@@H](O)O[C@H](COP(=O)(O)OCCN)[C@@H]4O)[C@H](O)[C@@H](O)[C@@H]3O)O[C@@H]2CO)[C@H](O)[C@@H](N)[C@H]1O. The summed E-state index contributed by atoms with van der Waals surface area (Å²) in [6.45, 7) is -1.43. The molecule has 0 aromatic heterocycles. The number of nitrogens with two attached hydrogens (primary N) is 2. The van der Waals surface area contributed by atoms with Crippen LogP contribution in [-0.2, 0) is 46.8 Å². The summed E-state index contributed by atoms with van der Waals surface area (Å²) in [7, 11) is -4.67. The molecule has 0 spiro atoms. The molecule has 300 valence electrons. The normalized spacial score (nSPS) is 49.4. The van der Waals surface area contributed by atoms with Crippen molar-refractivity contribution in [3.63, 3.8) is 0 Å². The molecule has 51 heavy (non-hydrogen) atoms. The molecule has 4 rings (SSSR count). The molecule has 4 aliphatic heterocycles. The molecule has 0 aromatic rings. The van der Waals surface area contributed by atoms with Crippen molar-refractivity contribution < 1.29 is 108 Å². The summed E-state index contributed by atoms with van der Waals surface area (Å²) in [6.07, 6.45) is -32.5. The molecule has 0 radical (unpaired) electrons. The van der Waals surface area contributed by atoms with Gasteiger partial charge in [-0.1, -0.05) is 0 Å². The second-order valence-corrected chi connectivity index (χ2v) is 13.9. The fourth-order valence-corrected chi connectivity index (χ4v) is 6.54. The van der Waals surface area contributed by atoms with E-state index in [4.69, 9.17) is 49.1 Å². The highest BCUT2D eigenvalue weighted by Gasteiger charge is 2.53. The van der Waals surface area contributed by atoms with E-state index in [0.29, 0.717) is 0 Å². The third-order valence-corrected chi connectivity index (χ3v) is 9.81. The second-order valence-electron chi connectivity index (χ2n) is 12.5. The van der Waals surface area contributed by atoms with Gasteiger partial charge in [0.2, 0.25) is 0 Å². The lowest BCUT2D eigenvalue weighted by Crippen LogP contribution is -2.66. The van der Waals surface area contributed by atoms with Crippen LogP contribution in [0.15, 0.2) is 0 Å². The molecule has 4 fully saturated rings. The van der Waals surface area contributed by atoms with Crippen molar-refractivity contribution in [2.24, 2.45) is 11.5 Å². The number of hydrogen-bond donors (Lipinski definition) is 14. The average molecular weight is 773 g/mol. The Morgan fingerprint density at radius 2 is 1.22 bits per heavy atom. The van der Waals surface area contributed by atoms with Gasteiger partial charge >= 0.3 is 7.82 Å². The minimum absolute atomic E-state index is 0.118. The summed E-state index contributed by atoms with van der Waals surface area (Å²) in [5.41, 5.74) is 11.0. The fourth-order valence-electron chi connectivity index (χ4n) is 5.79. The molecule has 4 aliphatic rings. The first-order chi connectivity index (χ1) is 23.9. The molecule has 4 heterocycles. The van der Waals surface area contributed by atoms with Crippen molar-refractivity contribution in [2.75, 3.05) is 33.0 Å². The van der Waals surface area contributed by atoms with Crippen LogP contribution < -0.4 is 11.5 Å². The smallest absolute Gasteiger partial charge is 0.394 e. The molecular weight excluding hydrogens is 723 g/mol. The van der Waals surface area contributed by atoms with Gasteiger partial charge in [-0.05, 0) is 6.92 Å². The lowest BCUT2D eigenvalue weighted by Gasteiger charge is -2.47. The minimum Gasteiger partial charge on any atom is -0.394 e. The molecule has 0 aliphatic carbocycles. The van der Waals surface area contributed by atoms with E-state index in [1.165, 1.54) is 6.92 Å². The van der Waals surface area contributed by atoms with E-state index in [2.05, 4.69) is 4.52 Å². The number of phosphoric ester groups is 1. The van der Waals surface area contributed by atoms with Crippen molar-refractivity contribution in [2.45, 2.75) is 130 Å².